The maximum Gasteiger partial charge on any atom is 0.170 e. The second-order valence-corrected chi connectivity index (χ2v) is 2.41. The van der Waals surface area contributed by atoms with Crippen molar-refractivity contribution in [1.82, 2.24) is 0 Å². The van der Waals surface area contributed by atoms with Crippen molar-refractivity contribution < 1.29 is 33.4 Å². The van der Waals surface area contributed by atoms with Gasteiger partial charge in [-0.05, 0) is 0 Å². The molecule has 1 heterocycles. The Labute approximate surface area is 94.4 Å². The first-order chi connectivity index (χ1) is 5.74. The third-order valence-electron chi connectivity index (χ3n) is 1.46. The Morgan fingerprint density at radius 3 is 2.46 bits per heavy atom. The summed E-state index contributed by atoms with van der Waals surface area (Å²) in [5.41, 5.74) is 6.43. The summed E-state index contributed by atoms with van der Waals surface area (Å²) in [4.78, 5) is 4.54. The van der Waals surface area contributed by atoms with Gasteiger partial charge in [-0.1, -0.05) is 5.16 Å². The van der Waals surface area contributed by atoms with E-state index >= 15 is 0 Å². The van der Waals surface area contributed by atoms with Gasteiger partial charge in [-0.25, -0.2) is 4.57 Å². The first-order valence-corrected chi connectivity index (χ1v) is 3.56. The molecule has 72 valence electrons. The fourth-order valence-corrected chi connectivity index (χ4v) is 0.823. The summed E-state index contributed by atoms with van der Waals surface area (Å²) in [6, 6.07) is 3.75. The van der Waals surface area contributed by atoms with Crippen LogP contribution in [0.15, 0.2) is 29.7 Å². The highest BCUT2D eigenvalue weighted by Gasteiger charge is 1.99. The zero-order valence-corrected chi connectivity index (χ0v) is 9.72. The minimum atomic E-state index is 0. The molecule has 0 saturated heterocycles. The Balaban J connectivity index is 0.00000144. The lowest BCUT2D eigenvalue weighted by Gasteiger charge is -1.96. The van der Waals surface area contributed by atoms with Crippen LogP contribution in [0.5, 0.6) is 0 Å². The van der Waals surface area contributed by atoms with Crippen molar-refractivity contribution in [2.75, 3.05) is 7.11 Å². The fourth-order valence-electron chi connectivity index (χ4n) is 0.823. The Hall–Kier alpha value is -0.850. The van der Waals surface area contributed by atoms with Gasteiger partial charge in [-0.3, -0.25) is 0 Å². The number of hydrogen-bond donors (Lipinski definition) is 1. The molecule has 4 nitrogen and oxygen atoms in total. The Morgan fingerprint density at radius 2 is 2.00 bits per heavy atom. The first kappa shape index (κ1) is 12.2. The highest BCUT2D eigenvalue weighted by atomic mass is 127. The number of rotatable bonds is 2. The van der Waals surface area contributed by atoms with Gasteiger partial charge in [0.25, 0.3) is 0 Å². The molecule has 1 aromatic heterocycles. The van der Waals surface area contributed by atoms with Crippen molar-refractivity contribution in [3.63, 3.8) is 0 Å². The first-order valence-electron chi connectivity index (χ1n) is 3.56. The van der Waals surface area contributed by atoms with E-state index in [0.717, 1.165) is 5.56 Å². The molecular formula is C8H12IN3O. The van der Waals surface area contributed by atoms with E-state index in [-0.39, 0.29) is 24.0 Å². The van der Waals surface area contributed by atoms with Crippen molar-refractivity contribution in [3.8, 4) is 0 Å². The topological polar surface area (TPSA) is 51.5 Å². The molecule has 5 heteroatoms. The van der Waals surface area contributed by atoms with Crippen LogP contribution in [0.3, 0.4) is 0 Å². The number of aromatic nitrogens is 1. The lowest BCUT2D eigenvalue weighted by molar-refractivity contribution is -0.671. The Kier molecular flexibility index (Phi) is 5.36. The average molecular weight is 293 g/mol. The zero-order valence-electron chi connectivity index (χ0n) is 7.57. The van der Waals surface area contributed by atoms with Crippen molar-refractivity contribution in [2.24, 2.45) is 17.9 Å². The molecule has 0 aliphatic rings. The number of aryl methyl sites for hydroxylation is 1. The molecule has 0 radical (unpaired) electrons. The molecule has 0 aromatic carbocycles. The lowest BCUT2D eigenvalue weighted by atomic mass is 10.2. The van der Waals surface area contributed by atoms with E-state index in [9.17, 15) is 0 Å². The van der Waals surface area contributed by atoms with E-state index in [4.69, 9.17) is 5.73 Å². The van der Waals surface area contributed by atoms with Crippen molar-refractivity contribution in [2.45, 2.75) is 0 Å². The summed E-state index contributed by atoms with van der Waals surface area (Å²) in [7, 11) is 3.41. The van der Waals surface area contributed by atoms with E-state index in [1.54, 1.807) is 0 Å². The molecule has 0 fully saturated rings. The molecule has 0 aliphatic heterocycles. The average Bonchev–Trinajstić information content (AvgIpc) is 2.06. The van der Waals surface area contributed by atoms with Gasteiger partial charge in [0.1, 0.15) is 14.2 Å². The lowest BCUT2D eigenvalue weighted by Crippen LogP contribution is -3.00. The third-order valence-corrected chi connectivity index (χ3v) is 1.46. The maximum absolute atomic E-state index is 5.57. The number of nitrogens with two attached hydrogens (primary N) is 1. The molecule has 13 heavy (non-hydrogen) atoms. The Morgan fingerprint density at radius 1 is 1.46 bits per heavy atom. The zero-order chi connectivity index (χ0) is 8.97. The van der Waals surface area contributed by atoms with Gasteiger partial charge >= 0.3 is 0 Å². The van der Waals surface area contributed by atoms with Gasteiger partial charge in [-0.15, -0.1) is 0 Å². The van der Waals surface area contributed by atoms with Gasteiger partial charge in [0.2, 0.25) is 0 Å². The van der Waals surface area contributed by atoms with E-state index < -0.39 is 0 Å². The second-order valence-electron chi connectivity index (χ2n) is 2.41. The fraction of sp³-hybridized carbons (Fsp3) is 0.250. The molecule has 2 N–H and O–H groups in total. The van der Waals surface area contributed by atoms with Crippen LogP contribution in [-0.4, -0.2) is 12.9 Å². The summed E-state index contributed by atoms with van der Waals surface area (Å²) in [6.45, 7) is 0. The van der Waals surface area contributed by atoms with Gasteiger partial charge in [-0.2, -0.15) is 0 Å². The maximum atomic E-state index is 5.57. The van der Waals surface area contributed by atoms with Gasteiger partial charge in [0.05, 0.1) is 0 Å². The second kappa shape index (κ2) is 5.74. The monoisotopic (exact) mass is 293 g/mol. The normalized spacial score (nSPS) is 10.5. The van der Waals surface area contributed by atoms with Crippen LogP contribution in [0.1, 0.15) is 5.56 Å². The smallest absolute Gasteiger partial charge is 0.170 e. The number of halogens is 1. The van der Waals surface area contributed by atoms with E-state index in [1.165, 1.54) is 7.11 Å². The van der Waals surface area contributed by atoms with Crippen LogP contribution in [0.4, 0.5) is 0 Å². The minimum Gasteiger partial charge on any atom is -1.00 e. The SMILES string of the molecule is CO/N=C(\N)c1cc[n+](C)cc1.[I-]. The summed E-state index contributed by atoms with van der Waals surface area (Å²) in [5, 5.41) is 3.61. The molecule has 1 rings (SSSR count). The molecule has 0 bridgehead atoms. The molecule has 0 aliphatic carbocycles. The predicted octanol–water partition coefficient (Wildman–Crippen LogP) is -3.22. The highest BCUT2D eigenvalue weighted by Crippen LogP contribution is 1.93. The number of pyridine rings is 1. The van der Waals surface area contributed by atoms with Crippen LogP contribution in [0.2, 0.25) is 0 Å². The Bertz CT molecular complexity index is 284. The quantitative estimate of drug-likeness (QED) is 0.205. The molecule has 0 amide bonds. The molecular weight excluding hydrogens is 281 g/mol. The minimum absolute atomic E-state index is 0. The van der Waals surface area contributed by atoms with Crippen LogP contribution in [0, 0.1) is 0 Å². The summed E-state index contributed by atoms with van der Waals surface area (Å²) >= 11 is 0. The summed E-state index contributed by atoms with van der Waals surface area (Å²) in [6.07, 6.45) is 3.79. The predicted molar refractivity (Wildman–Crippen MR) is 45.4 cm³/mol. The van der Waals surface area contributed by atoms with Crippen molar-refractivity contribution in [3.05, 3.63) is 30.1 Å². The van der Waals surface area contributed by atoms with Crippen LogP contribution >= 0.6 is 0 Å². The van der Waals surface area contributed by atoms with Gasteiger partial charge in [0, 0.05) is 17.7 Å². The number of nitrogens with zero attached hydrogens (tertiary/aromatic N) is 2. The van der Waals surface area contributed by atoms with E-state index in [0.29, 0.717) is 5.84 Å². The highest BCUT2D eigenvalue weighted by molar-refractivity contribution is 5.96. The van der Waals surface area contributed by atoms with Gasteiger partial charge < -0.3 is 34.5 Å². The van der Waals surface area contributed by atoms with E-state index in [1.807, 2.05) is 36.1 Å². The largest absolute Gasteiger partial charge is 1.00 e. The van der Waals surface area contributed by atoms with E-state index in [2.05, 4.69) is 9.99 Å². The van der Waals surface area contributed by atoms with Gasteiger partial charge in [0.15, 0.2) is 18.2 Å². The molecule has 0 unspecified atom stereocenters. The third kappa shape index (κ3) is 3.58. The molecule has 0 saturated carbocycles. The summed E-state index contributed by atoms with van der Waals surface area (Å²) < 4.78 is 1.92. The standard InChI is InChI=1S/C8H12N3O.HI/c1-11-5-3-7(4-6-11)8(9)10-12-2;/h3-6H,1-2H3,(H2,9,10);1H/q+1;/p-1. The van der Waals surface area contributed by atoms with Crippen LogP contribution in [-0.2, 0) is 11.9 Å². The van der Waals surface area contributed by atoms with Crippen molar-refractivity contribution >= 4 is 5.84 Å². The number of oxime groups is 1. The molecule has 0 atom stereocenters. The van der Waals surface area contributed by atoms with Crippen LogP contribution in [0.25, 0.3) is 0 Å². The molecule has 0 spiro atoms. The number of hydrogen-bond acceptors (Lipinski definition) is 2. The number of amidine groups is 1. The van der Waals surface area contributed by atoms with Crippen LogP contribution < -0.4 is 34.3 Å². The van der Waals surface area contributed by atoms with Crippen molar-refractivity contribution in [1.29, 1.82) is 0 Å². The molecule has 1 aromatic rings. The summed E-state index contributed by atoms with van der Waals surface area (Å²) in [5.74, 6) is 0.387.